The zero-order chi connectivity index (χ0) is 36.6. The number of aromatic nitrogens is 4. The molecule has 0 aliphatic carbocycles. The molecule has 0 radical (unpaired) electrons. The lowest BCUT2D eigenvalue weighted by Gasteiger charge is -2.13. The van der Waals surface area contributed by atoms with E-state index in [-0.39, 0.29) is 12.1 Å². The minimum Gasteiger partial charge on any atom is -0.458 e. The second-order valence-electron chi connectivity index (χ2n) is 13.5. The number of aromatic amines is 2. The Morgan fingerprint density at radius 2 is 0.778 bits per heavy atom. The molecule has 9 rings (SSSR count). The van der Waals surface area contributed by atoms with Gasteiger partial charge in [0.1, 0.15) is 6.10 Å². The summed E-state index contributed by atoms with van der Waals surface area (Å²) in [5, 5.41) is 0. The maximum Gasteiger partial charge on any atom is 0.303 e. The van der Waals surface area contributed by atoms with Gasteiger partial charge in [-0.3, -0.25) is 4.79 Å². The molecule has 1 atom stereocenters. The highest BCUT2D eigenvalue weighted by atomic mass is 16.5. The molecule has 3 aromatic heterocycles. The van der Waals surface area contributed by atoms with Crippen LogP contribution in [0.3, 0.4) is 0 Å². The SMILES string of the molecule is CC(=O)O[C@H](C)c1ccc(-c2c3nc(c(-c4ccccc4)c4ccc([nH]4)c(-c4ccccc4)c4nc(c(-c5ccccc5)c5ccc2[nH]5)C=C4)C=C3)cc1. The smallest absolute Gasteiger partial charge is 0.303 e. The highest BCUT2D eigenvalue weighted by molar-refractivity contribution is 5.99. The first-order chi connectivity index (χ1) is 26.5. The van der Waals surface area contributed by atoms with E-state index < -0.39 is 0 Å². The van der Waals surface area contributed by atoms with Crippen molar-refractivity contribution in [3.8, 4) is 44.5 Å². The van der Waals surface area contributed by atoms with Gasteiger partial charge in [0, 0.05) is 51.2 Å². The molecule has 260 valence electrons. The number of hydrogen-bond donors (Lipinski definition) is 2. The summed E-state index contributed by atoms with van der Waals surface area (Å²) in [6.45, 7) is 3.32. The third-order valence-electron chi connectivity index (χ3n) is 9.95. The molecule has 54 heavy (non-hydrogen) atoms. The Balaban J connectivity index is 1.41. The summed E-state index contributed by atoms with van der Waals surface area (Å²) in [4.78, 5) is 30.0. The van der Waals surface area contributed by atoms with Crippen LogP contribution >= 0.6 is 0 Å². The summed E-state index contributed by atoms with van der Waals surface area (Å²) in [6.07, 6.45) is 8.07. The average Bonchev–Trinajstić information content (AvgIpc) is 4.04. The molecule has 0 saturated heterocycles. The monoisotopic (exact) mass is 700 g/mol. The molecular formula is C48H36N4O2. The van der Waals surface area contributed by atoms with Gasteiger partial charge in [0.05, 0.1) is 22.8 Å². The predicted octanol–water partition coefficient (Wildman–Crippen LogP) is 11.9. The summed E-state index contributed by atoms with van der Waals surface area (Å²) < 4.78 is 5.48. The van der Waals surface area contributed by atoms with Crippen LogP contribution in [0.15, 0.2) is 140 Å². The molecule has 8 bridgehead atoms. The Hall–Kier alpha value is -7.05. The first-order valence-corrected chi connectivity index (χ1v) is 18.1. The van der Waals surface area contributed by atoms with Crippen molar-refractivity contribution in [3.63, 3.8) is 0 Å². The van der Waals surface area contributed by atoms with Crippen molar-refractivity contribution in [1.82, 2.24) is 19.9 Å². The van der Waals surface area contributed by atoms with Gasteiger partial charge in [-0.05, 0) is 83.3 Å². The molecule has 2 N–H and O–H groups in total. The standard InChI is InChI=1S/C48H36N4O2/c1-30(54-31(2)53)32-18-20-36(21-19-32)48-43-28-26-41(51-43)46(34-14-8-4-9-15-34)39-24-22-37(49-39)45(33-12-6-3-7-13-33)38-23-25-40(50-38)47(35-16-10-5-11-17-35)42-27-29-44(48)52-42/h3-30,49,52H,1-2H3/t30-/m1/s1. The summed E-state index contributed by atoms with van der Waals surface area (Å²) in [5.41, 5.74) is 16.3. The number of ether oxygens (including phenoxy) is 1. The Morgan fingerprint density at radius 3 is 1.09 bits per heavy atom. The van der Waals surface area contributed by atoms with E-state index in [4.69, 9.17) is 14.7 Å². The third kappa shape index (κ3) is 6.14. The van der Waals surface area contributed by atoms with Crippen molar-refractivity contribution in [3.05, 3.63) is 168 Å². The number of carbonyl (C=O) groups excluding carboxylic acids is 1. The van der Waals surface area contributed by atoms with Crippen LogP contribution in [0.25, 0.3) is 90.9 Å². The molecule has 0 amide bonds. The van der Waals surface area contributed by atoms with Crippen molar-refractivity contribution in [2.24, 2.45) is 0 Å². The van der Waals surface area contributed by atoms with E-state index in [9.17, 15) is 4.79 Å². The van der Waals surface area contributed by atoms with E-state index in [0.29, 0.717) is 0 Å². The van der Waals surface area contributed by atoms with Crippen LogP contribution in [0.5, 0.6) is 0 Å². The highest BCUT2D eigenvalue weighted by Gasteiger charge is 2.19. The number of nitrogens with zero attached hydrogens (tertiary/aromatic N) is 2. The first kappa shape index (κ1) is 32.8. The molecule has 2 aliphatic rings. The van der Waals surface area contributed by atoms with Gasteiger partial charge in [0.15, 0.2) is 0 Å². The molecule has 0 fully saturated rings. The van der Waals surface area contributed by atoms with Gasteiger partial charge in [0.25, 0.3) is 0 Å². The van der Waals surface area contributed by atoms with Crippen LogP contribution in [0.4, 0.5) is 0 Å². The van der Waals surface area contributed by atoms with Gasteiger partial charge >= 0.3 is 5.97 Å². The van der Waals surface area contributed by atoms with Crippen molar-refractivity contribution >= 4 is 52.3 Å². The lowest BCUT2D eigenvalue weighted by Crippen LogP contribution is -2.04. The maximum atomic E-state index is 11.7. The summed E-state index contributed by atoms with van der Waals surface area (Å²) in [7, 11) is 0. The van der Waals surface area contributed by atoms with Crippen LogP contribution < -0.4 is 0 Å². The molecule has 0 unspecified atom stereocenters. The summed E-state index contributed by atoms with van der Waals surface area (Å²) in [6, 6.07) is 48.0. The number of carbonyl (C=O) groups is 1. The van der Waals surface area contributed by atoms with Crippen LogP contribution in [0.2, 0.25) is 0 Å². The zero-order valence-electron chi connectivity index (χ0n) is 29.9. The number of benzene rings is 4. The second-order valence-corrected chi connectivity index (χ2v) is 13.5. The molecule has 2 aliphatic heterocycles. The number of rotatable bonds is 6. The Kier molecular flexibility index (Phi) is 8.40. The molecule has 4 aromatic carbocycles. The maximum absolute atomic E-state index is 11.7. The van der Waals surface area contributed by atoms with Crippen LogP contribution in [-0.4, -0.2) is 25.9 Å². The largest absolute Gasteiger partial charge is 0.458 e. The topological polar surface area (TPSA) is 83.7 Å². The van der Waals surface area contributed by atoms with E-state index in [1.54, 1.807) is 0 Å². The van der Waals surface area contributed by atoms with Gasteiger partial charge in [-0.1, -0.05) is 115 Å². The van der Waals surface area contributed by atoms with Crippen molar-refractivity contribution < 1.29 is 9.53 Å². The number of fused-ring (bicyclic) bond motifs is 8. The molecule has 6 heteroatoms. The van der Waals surface area contributed by atoms with Crippen LogP contribution in [0.1, 0.15) is 48.3 Å². The molecular weight excluding hydrogens is 665 g/mol. The van der Waals surface area contributed by atoms with E-state index in [1.165, 1.54) is 6.92 Å². The number of H-pyrrole nitrogens is 2. The molecule has 6 nitrogen and oxygen atoms in total. The van der Waals surface area contributed by atoms with E-state index in [2.05, 4.69) is 143 Å². The Bertz CT molecular complexity index is 2720. The molecule has 5 heterocycles. The lowest BCUT2D eigenvalue weighted by molar-refractivity contribution is -0.145. The van der Waals surface area contributed by atoms with Crippen molar-refractivity contribution in [2.75, 3.05) is 0 Å². The number of esters is 1. The van der Waals surface area contributed by atoms with Gasteiger partial charge in [-0.2, -0.15) is 0 Å². The van der Waals surface area contributed by atoms with E-state index in [1.807, 2.05) is 37.3 Å². The fourth-order valence-electron chi connectivity index (χ4n) is 7.47. The Morgan fingerprint density at radius 1 is 0.463 bits per heavy atom. The predicted molar refractivity (Wildman–Crippen MR) is 221 cm³/mol. The fourth-order valence-corrected chi connectivity index (χ4v) is 7.47. The molecule has 0 saturated carbocycles. The van der Waals surface area contributed by atoms with Crippen molar-refractivity contribution in [2.45, 2.75) is 20.0 Å². The van der Waals surface area contributed by atoms with E-state index >= 15 is 0 Å². The summed E-state index contributed by atoms with van der Waals surface area (Å²) >= 11 is 0. The van der Waals surface area contributed by atoms with Crippen molar-refractivity contribution in [1.29, 1.82) is 0 Å². The molecule has 7 aromatic rings. The minimum atomic E-state index is -0.363. The summed E-state index contributed by atoms with van der Waals surface area (Å²) in [5.74, 6) is -0.309. The highest BCUT2D eigenvalue weighted by Crippen LogP contribution is 2.38. The third-order valence-corrected chi connectivity index (χ3v) is 9.95. The normalized spacial score (nSPS) is 12.5. The van der Waals surface area contributed by atoms with Crippen LogP contribution in [0, 0.1) is 0 Å². The molecule has 0 spiro atoms. The lowest BCUT2D eigenvalue weighted by atomic mass is 10.0. The van der Waals surface area contributed by atoms with Gasteiger partial charge < -0.3 is 14.7 Å². The Labute approximate surface area is 313 Å². The number of hydrogen-bond acceptors (Lipinski definition) is 4. The average molecular weight is 701 g/mol. The van der Waals surface area contributed by atoms with Crippen LogP contribution in [-0.2, 0) is 9.53 Å². The quantitative estimate of drug-likeness (QED) is 0.169. The minimum absolute atomic E-state index is 0.309. The van der Waals surface area contributed by atoms with Gasteiger partial charge in [0.2, 0.25) is 0 Å². The first-order valence-electron chi connectivity index (χ1n) is 18.1. The second kappa shape index (κ2) is 13.8. The fraction of sp³-hybridized carbons (Fsp3) is 0.0625. The van der Waals surface area contributed by atoms with E-state index in [0.717, 1.165) is 94.9 Å². The zero-order valence-corrected chi connectivity index (χ0v) is 29.9. The van der Waals surface area contributed by atoms with Gasteiger partial charge in [-0.25, -0.2) is 9.97 Å². The van der Waals surface area contributed by atoms with Gasteiger partial charge in [-0.15, -0.1) is 0 Å². The number of nitrogens with one attached hydrogen (secondary N) is 2.